The van der Waals surface area contributed by atoms with Gasteiger partial charge >= 0.3 is 0 Å². The second kappa shape index (κ2) is 7.59. The zero-order valence-electron chi connectivity index (χ0n) is 12.3. The minimum absolute atomic E-state index is 0.00852. The molecule has 2 rings (SSSR count). The minimum Gasteiger partial charge on any atom is -0.356 e. The van der Waals surface area contributed by atoms with Gasteiger partial charge in [0.2, 0.25) is 5.91 Å². The molecule has 2 atom stereocenters. The summed E-state index contributed by atoms with van der Waals surface area (Å²) in [5.41, 5.74) is 7.13. The number of amides is 1. The van der Waals surface area contributed by atoms with Crippen LogP contribution in [-0.4, -0.2) is 22.4 Å². The minimum atomic E-state index is -0.281. The van der Waals surface area contributed by atoms with Crippen LogP contribution in [0.4, 0.5) is 0 Å². The number of aryl methyl sites for hydroxylation is 1. The number of H-pyrrole nitrogens is 1. The van der Waals surface area contributed by atoms with Crippen molar-refractivity contribution in [3.63, 3.8) is 0 Å². The first-order valence-electron chi connectivity index (χ1n) is 7.25. The van der Waals surface area contributed by atoms with Gasteiger partial charge in [0, 0.05) is 31.4 Å². The van der Waals surface area contributed by atoms with E-state index in [4.69, 9.17) is 5.73 Å². The average Bonchev–Trinajstić information content (AvgIpc) is 3.04. The number of carbonyl (C=O) groups is 1. The maximum atomic E-state index is 12.1. The quantitative estimate of drug-likeness (QED) is 0.679. The number of imidazole rings is 1. The van der Waals surface area contributed by atoms with Gasteiger partial charge in [0.05, 0.1) is 5.92 Å². The van der Waals surface area contributed by atoms with Crippen molar-refractivity contribution in [3.8, 4) is 0 Å². The van der Waals surface area contributed by atoms with Crippen LogP contribution >= 0.6 is 0 Å². The second-order valence-electron chi connectivity index (χ2n) is 5.16. The van der Waals surface area contributed by atoms with Crippen molar-refractivity contribution in [2.45, 2.75) is 25.8 Å². The molecule has 1 heterocycles. The summed E-state index contributed by atoms with van der Waals surface area (Å²) in [6, 6.07) is 9.43. The number of rotatable bonds is 7. The molecule has 0 saturated carbocycles. The first kappa shape index (κ1) is 15.3. The number of carbonyl (C=O) groups excluding carboxylic acids is 1. The molecule has 1 aromatic carbocycles. The summed E-state index contributed by atoms with van der Waals surface area (Å²) in [6.07, 6.45) is 5.21. The van der Waals surface area contributed by atoms with Crippen LogP contribution in [0.1, 0.15) is 30.8 Å². The highest BCUT2D eigenvalue weighted by Gasteiger charge is 2.21. The van der Waals surface area contributed by atoms with Gasteiger partial charge in [0.15, 0.2) is 0 Å². The number of hydrogen-bond donors (Lipinski definition) is 3. The van der Waals surface area contributed by atoms with Gasteiger partial charge in [-0.25, -0.2) is 4.98 Å². The number of hydrogen-bond acceptors (Lipinski definition) is 3. The lowest BCUT2D eigenvalue weighted by molar-refractivity contribution is -0.125. The van der Waals surface area contributed by atoms with Crippen molar-refractivity contribution >= 4 is 5.91 Å². The lowest BCUT2D eigenvalue weighted by Crippen LogP contribution is -2.36. The summed E-state index contributed by atoms with van der Waals surface area (Å²) in [6.45, 7) is 2.49. The summed E-state index contributed by atoms with van der Waals surface area (Å²) in [4.78, 5) is 19.3. The van der Waals surface area contributed by atoms with Crippen molar-refractivity contribution in [2.24, 2.45) is 11.7 Å². The number of aromatic amines is 1. The molecule has 0 bridgehead atoms. The van der Waals surface area contributed by atoms with Gasteiger partial charge in [-0.05, 0) is 12.0 Å². The van der Waals surface area contributed by atoms with E-state index in [1.807, 2.05) is 37.3 Å². The number of nitrogens with one attached hydrogen (secondary N) is 2. The van der Waals surface area contributed by atoms with Gasteiger partial charge in [-0.2, -0.15) is 0 Å². The van der Waals surface area contributed by atoms with E-state index >= 15 is 0 Å². The van der Waals surface area contributed by atoms with Gasteiger partial charge in [-0.1, -0.05) is 37.3 Å². The zero-order valence-corrected chi connectivity index (χ0v) is 12.3. The third-order valence-electron chi connectivity index (χ3n) is 3.58. The molecule has 0 radical (unpaired) electrons. The van der Waals surface area contributed by atoms with Crippen LogP contribution in [0.2, 0.25) is 0 Å². The Morgan fingerprint density at radius 3 is 2.81 bits per heavy atom. The Hall–Kier alpha value is -2.14. The third kappa shape index (κ3) is 4.43. The van der Waals surface area contributed by atoms with Crippen LogP contribution < -0.4 is 11.1 Å². The van der Waals surface area contributed by atoms with Crippen LogP contribution in [0.25, 0.3) is 0 Å². The average molecular weight is 286 g/mol. The smallest absolute Gasteiger partial charge is 0.224 e. The molecule has 1 amide bonds. The molecule has 0 spiro atoms. The predicted molar refractivity (Wildman–Crippen MR) is 82.5 cm³/mol. The van der Waals surface area contributed by atoms with Crippen molar-refractivity contribution in [2.75, 3.05) is 6.54 Å². The number of nitrogens with zero attached hydrogens (tertiary/aromatic N) is 1. The molecule has 0 aliphatic heterocycles. The van der Waals surface area contributed by atoms with Gasteiger partial charge < -0.3 is 16.0 Å². The molecule has 112 valence electrons. The molecular formula is C16H22N4O. The fourth-order valence-electron chi connectivity index (χ4n) is 2.19. The van der Waals surface area contributed by atoms with Gasteiger partial charge in [-0.15, -0.1) is 0 Å². The highest BCUT2D eigenvalue weighted by molar-refractivity contribution is 5.79. The normalized spacial score (nSPS) is 13.6. The van der Waals surface area contributed by atoms with Gasteiger partial charge in [-0.3, -0.25) is 4.79 Å². The maximum Gasteiger partial charge on any atom is 0.224 e. The SMILES string of the molecule is CC(C(=O)NCCCc1ncc[nH]1)C(N)c1ccccc1. The van der Waals surface area contributed by atoms with E-state index in [1.165, 1.54) is 0 Å². The van der Waals surface area contributed by atoms with Gasteiger partial charge in [0.1, 0.15) is 5.82 Å². The van der Waals surface area contributed by atoms with E-state index < -0.39 is 0 Å². The largest absolute Gasteiger partial charge is 0.356 e. The molecule has 1 aromatic heterocycles. The molecule has 0 aliphatic rings. The van der Waals surface area contributed by atoms with Crippen molar-refractivity contribution in [1.29, 1.82) is 0 Å². The molecule has 21 heavy (non-hydrogen) atoms. The van der Waals surface area contributed by atoms with E-state index in [0.29, 0.717) is 6.54 Å². The van der Waals surface area contributed by atoms with Crippen LogP contribution in [0.3, 0.4) is 0 Å². The Labute approximate surface area is 125 Å². The first-order valence-corrected chi connectivity index (χ1v) is 7.25. The lowest BCUT2D eigenvalue weighted by atomic mass is 9.94. The Bertz CT molecular complexity index is 539. The lowest BCUT2D eigenvalue weighted by Gasteiger charge is -2.19. The Kier molecular flexibility index (Phi) is 5.51. The van der Waals surface area contributed by atoms with Crippen LogP contribution in [-0.2, 0) is 11.2 Å². The molecular weight excluding hydrogens is 264 g/mol. The predicted octanol–water partition coefficient (Wildman–Crippen LogP) is 1.79. The van der Waals surface area contributed by atoms with Crippen molar-refractivity contribution in [1.82, 2.24) is 15.3 Å². The highest BCUT2D eigenvalue weighted by atomic mass is 16.1. The van der Waals surface area contributed by atoms with Crippen LogP contribution in [0, 0.1) is 5.92 Å². The fraction of sp³-hybridized carbons (Fsp3) is 0.375. The fourth-order valence-corrected chi connectivity index (χ4v) is 2.19. The third-order valence-corrected chi connectivity index (χ3v) is 3.58. The van der Waals surface area contributed by atoms with Crippen LogP contribution in [0.5, 0.6) is 0 Å². The van der Waals surface area contributed by atoms with E-state index in [2.05, 4.69) is 15.3 Å². The number of benzene rings is 1. The molecule has 2 unspecified atom stereocenters. The molecule has 4 N–H and O–H groups in total. The molecule has 5 heteroatoms. The molecule has 2 aromatic rings. The number of nitrogens with two attached hydrogens (primary N) is 1. The second-order valence-corrected chi connectivity index (χ2v) is 5.16. The molecule has 5 nitrogen and oxygen atoms in total. The van der Waals surface area contributed by atoms with E-state index in [9.17, 15) is 4.79 Å². The van der Waals surface area contributed by atoms with E-state index in [1.54, 1.807) is 12.4 Å². The Morgan fingerprint density at radius 2 is 2.14 bits per heavy atom. The monoisotopic (exact) mass is 286 g/mol. The summed E-state index contributed by atoms with van der Waals surface area (Å²) in [7, 11) is 0. The Balaban J connectivity index is 1.74. The zero-order chi connectivity index (χ0) is 15.1. The first-order chi connectivity index (χ1) is 10.2. The molecule has 0 aliphatic carbocycles. The Morgan fingerprint density at radius 1 is 1.38 bits per heavy atom. The topological polar surface area (TPSA) is 83.8 Å². The number of aromatic nitrogens is 2. The summed E-state index contributed by atoms with van der Waals surface area (Å²) < 4.78 is 0. The van der Waals surface area contributed by atoms with E-state index in [-0.39, 0.29) is 17.9 Å². The maximum absolute atomic E-state index is 12.1. The van der Waals surface area contributed by atoms with Gasteiger partial charge in [0.25, 0.3) is 0 Å². The van der Waals surface area contributed by atoms with Crippen molar-refractivity contribution in [3.05, 3.63) is 54.1 Å². The summed E-state index contributed by atoms with van der Waals surface area (Å²) >= 11 is 0. The van der Waals surface area contributed by atoms with E-state index in [0.717, 1.165) is 24.2 Å². The van der Waals surface area contributed by atoms with Crippen molar-refractivity contribution < 1.29 is 4.79 Å². The standard InChI is InChI=1S/C16H22N4O/c1-12(15(17)13-6-3-2-4-7-13)16(21)20-9-5-8-14-18-10-11-19-14/h2-4,6-7,10-12,15H,5,8-9,17H2,1H3,(H,18,19)(H,20,21). The summed E-state index contributed by atoms with van der Waals surface area (Å²) in [5, 5.41) is 2.93. The molecule has 0 saturated heterocycles. The molecule has 0 fully saturated rings. The highest BCUT2D eigenvalue weighted by Crippen LogP contribution is 2.18. The summed E-state index contributed by atoms with van der Waals surface area (Å²) in [5.74, 6) is 0.681. The van der Waals surface area contributed by atoms with Crippen LogP contribution in [0.15, 0.2) is 42.7 Å².